The van der Waals surface area contributed by atoms with Gasteiger partial charge >= 0.3 is 0 Å². The topological polar surface area (TPSA) is 74.8 Å². The van der Waals surface area contributed by atoms with Crippen LogP contribution in [0.5, 0.6) is 0 Å². The van der Waals surface area contributed by atoms with Gasteiger partial charge in [-0.25, -0.2) is 16.8 Å². The first kappa shape index (κ1) is 21.7. The summed E-state index contributed by atoms with van der Waals surface area (Å²) in [6.45, 7) is 2.88. The van der Waals surface area contributed by atoms with Crippen molar-refractivity contribution in [2.45, 2.75) is 49.3 Å². The lowest BCUT2D eigenvalue weighted by Gasteiger charge is -2.34. The molecule has 1 saturated heterocycles. The number of piperazine rings is 1. The van der Waals surface area contributed by atoms with Crippen molar-refractivity contribution < 1.29 is 16.8 Å². The molecule has 28 heavy (non-hydrogen) atoms. The zero-order chi connectivity index (χ0) is 20.2. The van der Waals surface area contributed by atoms with Gasteiger partial charge < -0.3 is 4.90 Å². The summed E-state index contributed by atoms with van der Waals surface area (Å²) in [5.74, 6) is 0.750. The van der Waals surface area contributed by atoms with Gasteiger partial charge in [-0.1, -0.05) is 31.4 Å². The summed E-state index contributed by atoms with van der Waals surface area (Å²) in [6, 6.07) is 7.50. The van der Waals surface area contributed by atoms with Gasteiger partial charge in [-0.05, 0) is 49.4 Å². The Morgan fingerprint density at radius 1 is 0.893 bits per heavy atom. The van der Waals surface area contributed by atoms with Crippen molar-refractivity contribution in [2.75, 3.05) is 44.7 Å². The maximum Gasteiger partial charge on any atom is 0.243 e. The summed E-state index contributed by atoms with van der Waals surface area (Å²) < 4.78 is 49.9. The highest BCUT2D eigenvalue weighted by Gasteiger charge is 2.28. The van der Waals surface area contributed by atoms with Crippen LogP contribution in [0.25, 0.3) is 0 Å². The minimum Gasteiger partial charge on any atom is -0.301 e. The van der Waals surface area contributed by atoms with Crippen LogP contribution in [0.3, 0.4) is 0 Å². The van der Waals surface area contributed by atoms with E-state index in [9.17, 15) is 16.8 Å². The maximum absolute atomic E-state index is 13.0. The Kier molecular flexibility index (Phi) is 7.17. The van der Waals surface area contributed by atoms with Crippen LogP contribution in [0, 0.1) is 0 Å². The van der Waals surface area contributed by atoms with Crippen LogP contribution in [0.4, 0.5) is 0 Å². The number of nitrogens with zero attached hydrogens (tertiary/aromatic N) is 2. The van der Waals surface area contributed by atoms with Crippen LogP contribution in [0.2, 0.25) is 0 Å². The summed E-state index contributed by atoms with van der Waals surface area (Å²) in [6.07, 6.45) is 8.08. The second-order valence-corrected chi connectivity index (χ2v) is 12.3. The fourth-order valence-corrected chi connectivity index (χ4v) is 6.32. The Morgan fingerprint density at radius 2 is 1.50 bits per heavy atom. The molecule has 6 nitrogen and oxygen atoms in total. The summed E-state index contributed by atoms with van der Waals surface area (Å²) in [5.41, 5.74) is 1.26. The quantitative estimate of drug-likeness (QED) is 0.667. The minimum absolute atomic E-state index is 0.179. The third kappa shape index (κ3) is 5.78. The molecular formula is C20H32N2O4S2. The summed E-state index contributed by atoms with van der Waals surface area (Å²) in [7, 11) is -6.41. The highest BCUT2D eigenvalue weighted by Crippen LogP contribution is 2.33. The molecule has 0 bridgehead atoms. The largest absolute Gasteiger partial charge is 0.301 e. The molecule has 1 aromatic carbocycles. The lowest BCUT2D eigenvalue weighted by molar-refractivity contribution is 0.189. The van der Waals surface area contributed by atoms with E-state index in [2.05, 4.69) is 4.90 Å². The Balaban J connectivity index is 1.55. The van der Waals surface area contributed by atoms with E-state index in [-0.39, 0.29) is 5.75 Å². The molecule has 1 aliphatic carbocycles. The molecule has 3 rings (SSSR count). The Morgan fingerprint density at radius 3 is 2.07 bits per heavy atom. The van der Waals surface area contributed by atoms with Gasteiger partial charge in [-0.15, -0.1) is 0 Å². The van der Waals surface area contributed by atoms with Gasteiger partial charge in [0, 0.05) is 32.4 Å². The standard InChI is InChI=1S/C20H32N2O4S2/c1-27(23,24)17-5-12-21-13-15-22(16-14-21)28(25,26)20-10-8-19(9-11-20)18-6-3-2-4-7-18/h8-11,18H,2-7,12-17H2,1H3. The molecule has 0 spiro atoms. The monoisotopic (exact) mass is 428 g/mol. The third-order valence-electron chi connectivity index (χ3n) is 5.92. The molecule has 1 aliphatic heterocycles. The average Bonchev–Trinajstić information content (AvgIpc) is 2.68. The molecule has 2 aliphatic rings. The molecular weight excluding hydrogens is 396 g/mol. The SMILES string of the molecule is CS(=O)(=O)CCCN1CCN(S(=O)(=O)c2ccc(C3CCCCC3)cc2)CC1. The Bertz CT molecular complexity index is 837. The van der Waals surface area contributed by atoms with Crippen molar-refractivity contribution in [3.05, 3.63) is 29.8 Å². The molecule has 1 saturated carbocycles. The van der Waals surface area contributed by atoms with Crippen molar-refractivity contribution in [1.82, 2.24) is 9.21 Å². The van der Waals surface area contributed by atoms with E-state index in [1.807, 2.05) is 12.1 Å². The summed E-state index contributed by atoms with van der Waals surface area (Å²) >= 11 is 0. The van der Waals surface area contributed by atoms with Gasteiger partial charge in [0.25, 0.3) is 0 Å². The van der Waals surface area contributed by atoms with Crippen molar-refractivity contribution in [2.24, 2.45) is 0 Å². The van der Waals surface area contributed by atoms with Crippen molar-refractivity contribution in [1.29, 1.82) is 0 Å². The number of hydrogen-bond donors (Lipinski definition) is 0. The molecule has 158 valence electrons. The highest BCUT2D eigenvalue weighted by molar-refractivity contribution is 7.90. The van der Waals surface area contributed by atoms with Crippen LogP contribution in [0.1, 0.15) is 50.0 Å². The second-order valence-electron chi connectivity index (χ2n) is 8.13. The highest BCUT2D eigenvalue weighted by atomic mass is 32.2. The average molecular weight is 429 g/mol. The van der Waals surface area contributed by atoms with E-state index < -0.39 is 19.9 Å². The zero-order valence-corrected chi connectivity index (χ0v) is 18.3. The molecule has 8 heteroatoms. The van der Waals surface area contributed by atoms with Crippen LogP contribution < -0.4 is 0 Å². The second kappa shape index (κ2) is 9.24. The maximum atomic E-state index is 13.0. The van der Waals surface area contributed by atoms with Crippen molar-refractivity contribution >= 4 is 19.9 Å². The van der Waals surface area contributed by atoms with Crippen molar-refractivity contribution in [3.63, 3.8) is 0 Å². The molecule has 0 N–H and O–H groups in total. The van der Waals surface area contributed by atoms with E-state index in [0.29, 0.717) is 50.0 Å². The van der Waals surface area contributed by atoms with Gasteiger partial charge in [0.05, 0.1) is 10.6 Å². The minimum atomic E-state index is -3.47. The fraction of sp³-hybridized carbons (Fsp3) is 0.700. The third-order valence-corrected chi connectivity index (χ3v) is 8.86. The lowest BCUT2D eigenvalue weighted by atomic mass is 9.84. The lowest BCUT2D eigenvalue weighted by Crippen LogP contribution is -2.48. The summed E-state index contributed by atoms with van der Waals surface area (Å²) in [4.78, 5) is 2.52. The van der Waals surface area contributed by atoms with Crippen molar-refractivity contribution in [3.8, 4) is 0 Å². The van der Waals surface area contributed by atoms with Crippen LogP contribution in [0.15, 0.2) is 29.2 Å². The normalized spacial score (nSPS) is 21.0. The molecule has 0 amide bonds. The molecule has 0 unspecified atom stereocenters. The molecule has 0 atom stereocenters. The number of sulfone groups is 1. The van der Waals surface area contributed by atoms with Crippen LogP contribution in [-0.4, -0.2) is 70.8 Å². The molecule has 0 aromatic heterocycles. The van der Waals surface area contributed by atoms with E-state index in [1.54, 1.807) is 16.4 Å². The molecule has 0 radical (unpaired) electrons. The number of rotatable bonds is 7. The van der Waals surface area contributed by atoms with E-state index in [1.165, 1.54) is 43.9 Å². The molecule has 1 aromatic rings. The van der Waals surface area contributed by atoms with Gasteiger partial charge in [0.15, 0.2) is 0 Å². The van der Waals surface area contributed by atoms with E-state index in [0.717, 1.165) is 0 Å². The van der Waals surface area contributed by atoms with E-state index in [4.69, 9.17) is 0 Å². The zero-order valence-electron chi connectivity index (χ0n) is 16.7. The molecule has 1 heterocycles. The first-order valence-electron chi connectivity index (χ1n) is 10.3. The van der Waals surface area contributed by atoms with Gasteiger partial charge in [0.1, 0.15) is 9.84 Å². The van der Waals surface area contributed by atoms with Crippen LogP contribution >= 0.6 is 0 Å². The summed E-state index contributed by atoms with van der Waals surface area (Å²) in [5, 5.41) is 0. The number of hydrogen-bond acceptors (Lipinski definition) is 5. The smallest absolute Gasteiger partial charge is 0.243 e. The van der Waals surface area contributed by atoms with Crippen LogP contribution in [-0.2, 0) is 19.9 Å². The fourth-order valence-electron chi connectivity index (χ4n) is 4.24. The predicted octanol–water partition coefficient (Wildman–Crippen LogP) is 2.48. The first-order valence-corrected chi connectivity index (χ1v) is 13.8. The number of benzene rings is 1. The van der Waals surface area contributed by atoms with Gasteiger partial charge in [-0.3, -0.25) is 0 Å². The van der Waals surface area contributed by atoms with Gasteiger partial charge in [-0.2, -0.15) is 4.31 Å². The Hall–Kier alpha value is -0.960. The first-order chi connectivity index (χ1) is 13.3. The predicted molar refractivity (Wildman–Crippen MR) is 112 cm³/mol. The number of sulfonamides is 1. The molecule has 2 fully saturated rings. The van der Waals surface area contributed by atoms with Gasteiger partial charge in [0.2, 0.25) is 10.0 Å². The Labute approximate surface area is 169 Å². The van der Waals surface area contributed by atoms with E-state index >= 15 is 0 Å².